The lowest BCUT2D eigenvalue weighted by atomic mass is 10.1. The monoisotopic (exact) mass is 271 g/mol. The zero-order valence-corrected chi connectivity index (χ0v) is 11.6. The van der Waals surface area contributed by atoms with Crippen LogP contribution in [0.3, 0.4) is 0 Å². The summed E-state index contributed by atoms with van der Waals surface area (Å²) in [7, 11) is 0. The lowest BCUT2D eigenvalue weighted by molar-refractivity contribution is 0.0377. The maximum atomic E-state index is 11.8. The summed E-state index contributed by atoms with van der Waals surface area (Å²) in [6.07, 6.45) is 2.51. The summed E-state index contributed by atoms with van der Waals surface area (Å²) in [5.41, 5.74) is 2.08. The van der Waals surface area contributed by atoms with Crippen molar-refractivity contribution >= 4 is 12.3 Å². The molecule has 20 heavy (non-hydrogen) atoms. The molecular formula is C16H17NO3. The highest BCUT2D eigenvalue weighted by atomic mass is 16.5. The van der Waals surface area contributed by atoms with Crippen molar-refractivity contribution in [3.63, 3.8) is 0 Å². The lowest BCUT2D eigenvalue weighted by Gasteiger charge is -2.10. The van der Waals surface area contributed by atoms with Crippen molar-refractivity contribution in [1.29, 1.82) is 0 Å². The van der Waals surface area contributed by atoms with Gasteiger partial charge >= 0.3 is 5.97 Å². The molecular weight excluding hydrogens is 254 g/mol. The Morgan fingerprint density at radius 3 is 2.80 bits per heavy atom. The number of hydrogen-bond donors (Lipinski definition) is 0. The Morgan fingerprint density at radius 1 is 1.30 bits per heavy atom. The summed E-state index contributed by atoms with van der Waals surface area (Å²) in [6.45, 7) is 4.18. The molecule has 0 saturated heterocycles. The van der Waals surface area contributed by atoms with Crippen molar-refractivity contribution in [1.82, 2.24) is 4.57 Å². The number of benzene rings is 1. The molecule has 0 radical (unpaired) electrons. The molecule has 2 rings (SSSR count). The smallest absolute Gasteiger partial charge is 0.338 e. The molecule has 0 aliphatic heterocycles. The van der Waals surface area contributed by atoms with Crippen LogP contribution in [0, 0.1) is 0 Å². The van der Waals surface area contributed by atoms with Gasteiger partial charge in [-0.05, 0) is 43.7 Å². The summed E-state index contributed by atoms with van der Waals surface area (Å²) in [5, 5.41) is 0. The summed E-state index contributed by atoms with van der Waals surface area (Å²) < 4.78 is 7.00. The van der Waals surface area contributed by atoms with Crippen LogP contribution in [0.5, 0.6) is 0 Å². The van der Waals surface area contributed by atoms with E-state index in [-0.39, 0.29) is 12.1 Å². The third-order valence-corrected chi connectivity index (χ3v) is 2.84. The second kappa shape index (κ2) is 6.19. The van der Waals surface area contributed by atoms with E-state index in [1.807, 2.05) is 42.8 Å². The Hall–Kier alpha value is -2.36. The standard InChI is InChI=1S/C16H17NO3/c1-12(2)20-16(19)14-6-3-5-13(9-14)10-17-8-4-7-15(17)11-18/h3-9,11-12H,10H2,1-2H3. The molecule has 0 fully saturated rings. The van der Waals surface area contributed by atoms with Crippen molar-refractivity contribution in [2.45, 2.75) is 26.5 Å². The van der Waals surface area contributed by atoms with Gasteiger partial charge in [0.2, 0.25) is 0 Å². The molecule has 104 valence electrons. The van der Waals surface area contributed by atoms with Crippen LogP contribution < -0.4 is 0 Å². The second-order valence-corrected chi connectivity index (χ2v) is 4.83. The van der Waals surface area contributed by atoms with E-state index in [9.17, 15) is 9.59 Å². The number of carbonyl (C=O) groups excluding carboxylic acids is 2. The molecule has 0 unspecified atom stereocenters. The quantitative estimate of drug-likeness (QED) is 0.620. The number of aromatic nitrogens is 1. The average Bonchev–Trinajstić information content (AvgIpc) is 2.85. The second-order valence-electron chi connectivity index (χ2n) is 4.83. The molecule has 1 aromatic heterocycles. The summed E-state index contributed by atoms with van der Waals surface area (Å²) in [6, 6.07) is 10.8. The summed E-state index contributed by atoms with van der Waals surface area (Å²) >= 11 is 0. The number of carbonyl (C=O) groups is 2. The Kier molecular flexibility index (Phi) is 4.35. The first-order chi connectivity index (χ1) is 9.60. The van der Waals surface area contributed by atoms with Crippen molar-refractivity contribution in [2.24, 2.45) is 0 Å². The predicted molar refractivity (Wildman–Crippen MR) is 75.9 cm³/mol. The molecule has 0 N–H and O–H groups in total. The van der Waals surface area contributed by atoms with E-state index in [0.29, 0.717) is 17.8 Å². The van der Waals surface area contributed by atoms with Gasteiger partial charge in [-0.2, -0.15) is 0 Å². The summed E-state index contributed by atoms with van der Waals surface area (Å²) in [4.78, 5) is 22.7. The fraction of sp³-hybridized carbons (Fsp3) is 0.250. The number of aldehydes is 1. The van der Waals surface area contributed by atoms with E-state index in [0.717, 1.165) is 11.8 Å². The van der Waals surface area contributed by atoms with Crippen molar-refractivity contribution in [3.8, 4) is 0 Å². The maximum absolute atomic E-state index is 11.8. The van der Waals surface area contributed by atoms with Crippen LogP contribution in [0.2, 0.25) is 0 Å². The topological polar surface area (TPSA) is 48.3 Å². The van der Waals surface area contributed by atoms with Gasteiger partial charge in [0.05, 0.1) is 17.4 Å². The Balaban J connectivity index is 2.18. The third-order valence-electron chi connectivity index (χ3n) is 2.84. The van der Waals surface area contributed by atoms with Gasteiger partial charge < -0.3 is 9.30 Å². The lowest BCUT2D eigenvalue weighted by Crippen LogP contribution is -2.12. The van der Waals surface area contributed by atoms with Crippen LogP contribution in [0.1, 0.15) is 40.3 Å². The maximum Gasteiger partial charge on any atom is 0.338 e. The third kappa shape index (κ3) is 3.35. The predicted octanol–water partition coefficient (Wildman–Crippen LogP) is 2.91. The van der Waals surface area contributed by atoms with Gasteiger partial charge in [-0.15, -0.1) is 0 Å². The molecule has 4 heteroatoms. The van der Waals surface area contributed by atoms with E-state index in [4.69, 9.17) is 4.74 Å². The highest BCUT2D eigenvalue weighted by molar-refractivity contribution is 5.89. The molecule has 0 saturated carbocycles. The van der Waals surface area contributed by atoms with Crippen molar-refractivity contribution in [2.75, 3.05) is 0 Å². The van der Waals surface area contributed by atoms with Gasteiger partial charge in [-0.3, -0.25) is 4.79 Å². The first-order valence-corrected chi connectivity index (χ1v) is 6.50. The highest BCUT2D eigenvalue weighted by Gasteiger charge is 2.10. The van der Waals surface area contributed by atoms with Gasteiger partial charge in [0.1, 0.15) is 0 Å². The average molecular weight is 271 g/mol. The molecule has 0 amide bonds. The number of esters is 1. The molecule has 0 atom stereocenters. The Labute approximate surface area is 118 Å². The van der Waals surface area contributed by atoms with Crippen LogP contribution in [-0.4, -0.2) is 22.9 Å². The number of ether oxygens (including phenoxy) is 1. The van der Waals surface area contributed by atoms with E-state index >= 15 is 0 Å². The van der Waals surface area contributed by atoms with E-state index in [1.165, 1.54) is 0 Å². The molecule has 4 nitrogen and oxygen atoms in total. The highest BCUT2D eigenvalue weighted by Crippen LogP contribution is 2.11. The zero-order chi connectivity index (χ0) is 14.5. The molecule has 0 spiro atoms. The van der Waals surface area contributed by atoms with Crippen LogP contribution in [0.15, 0.2) is 42.6 Å². The van der Waals surface area contributed by atoms with E-state index < -0.39 is 0 Å². The van der Waals surface area contributed by atoms with Gasteiger partial charge in [0, 0.05) is 12.7 Å². The van der Waals surface area contributed by atoms with Crippen LogP contribution >= 0.6 is 0 Å². The van der Waals surface area contributed by atoms with Crippen LogP contribution in [0.4, 0.5) is 0 Å². The molecule has 2 aromatic rings. The first kappa shape index (κ1) is 14.1. The number of hydrogen-bond acceptors (Lipinski definition) is 3. The molecule has 0 aliphatic rings. The fourth-order valence-corrected chi connectivity index (χ4v) is 1.95. The Bertz CT molecular complexity index is 614. The SMILES string of the molecule is CC(C)OC(=O)c1cccc(Cn2cccc2C=O)c1. The first-order valence-electron chi connectivity index (χ1n) is 6.50. The Morgan fingerprint density at radius 2 is 2.10 bits per heavy atom. The van der Waals surface area contributed by atoms with Gasteiger partial charge in [0.25, 0.3) is 0 Å². The minimum Gasteiger partial charge on any atom is -0.459 e. The zero-order valence-electron chi connectivity index (χ0n) is 11.6. The van der Waals surface area contributed by atoms with Gasteiger partial charge in [-0.1, -0.05) is 12.1 Å². The molecule has 0 bridgehead atoms. The normalized spacial score (nSPS) is 10.6. The van der Waals surface area contributed by atoms with Crippen molar-refractivity contribution in [3.05, 3.63) is 59.4 Å². The minimum atomic E-state index is -0.329. The summed E-state index contributed by atoms with van der Waals surface area (Å²) in [5.74, 6) is -0.329. The van der Waals surface area contributed by atoms with E-state index in [2.05, 4.69) is 0 Å². The number of nitrogens with zero attached hydrogens (tertiary/aromatic N) is 1. The van der Waals surface area contributed by atoms with Crippen LogP contribution in [0.25, 0.3) is 0 Å². The van der Waals surface area contributed by atoms with Crippen molar-refractivity contribution < 1.29 is 14.3 Å². The fourth-order valence-electron chi connectivity index (χ4n) is 1.95. The van der Waals surface area contributed by atoms with Gasteiger partial charge in [0.15, 0.2) is 6.29 Å². The van der Waals surface area contributed by atoms with E-state index in [1.54, 1.807) is 18.2 Å². The number of rotatable bonds is 5. The molecule has 0 aliphatic carbocycles. The van der Waals surface area contributed by atoms with Crippen LogP contribution in [-0.2, 0) is 11.3 Å². The molecule has 1 heterocycles. The largest absolute Gasteiger partial charge is 0.459 e. The minimum absolute atomic E-state index is 0.141. The van der Waals surface area contributed by atoms with Gasteiger partial charge in [-0.25, -0.2) is 4.79 Å². The molecule has 1 aromatic carbocycles.